The Kier molecular flexibility index (Phi) is 7.39. The smallest absolute Gasteiger partial charge is 0.353 e. The molecular formula is C16H17N7O6S3. The highest BCUT2D eigenvalue weighted by molar-refractivity contribution is 8.08. The first-order chi connectivity index (χ1) is 15.3. The van der Waals surface area contributed by atoms with Crippen LogP contribution in [0.15, 0.2) is 37.3 Å². The number of thiazole rings is 1. The van der Waals surface area contributed by atoms with E-state index >= 15 is 0 Å². The maximum atomic E-state index is 12.7. The minimum Gasteiger partial charge on any atom is -0.477 e. The van der Waals surface area contributed by atoms with Crippen molar-refractivity contribution in [1.29, 1.82) is 0 Å². The molecule has 170 valence electrons. The summed E-state index contributed by atoms with van der Waals surface area (Å²) in [5.41, 5.74) is 10.9. The van der Waals surface area contributed by atoms with Crippen LogP contribution in [0, 0.1) is 0 Å². The molecule has 2 aliphatic rings. The van der Waals surface area contributed by atoms with Crippen LogP contribution in [0.3, 0.4) is 0 Å². The Bertz CT molecular complexity index is 1070. The molecule has 3 rings (SSSR count). The van der Waals surface area contributed by atoms with Gasteiger partial charge in [-0.1, -0.05) is 22.1 Å². The van der Waals surface area contributed by atoms with Crippen molar-refractivity contribution in [2.45, 2.75) is 11.4 Å². The van der Waals surface area contributed by atoms with Gasteiger partial charge in [0.25, 0.3) is 11.8 Å². The molecule has 2 aliphatic heterocycles. The predicted octanol–water partition coefficient (Wildman–Crippen LogP) is -0.364. The summed E-state index contributed by atoms with van der Waals surface area (Å²) in [4.78, 5) is 42.4. The summed E-state index contributed by atoms with van der Waals surface area (Å²) in [5.74, 6) is -2.52. The number of fused-ring (bicyclic) bond motifs is 1. The number of anilines is 1. The van der Waals surface area contributed by atoms with Crippen molar-refractivity contribution in [3.63, 3.8) is 0 Å². The summed E-state index contributed by atoms with van der Waals surface area (Å²) in [6.07, 6.45) is 1.13. The molecular weight excluding hydrogens is 482 g/mol. The minimum atomic E-state index is -1.30. The summed E-state index contributed by atoms with van der Waals surface area (Å²) >= 11 is 3.35. The van der Waals surface area contributed by atoms with Crippen LogP contribution in [0.4, 0.5) is 5.13 Å². The van der Waals surface area contributed by atoms with Gasteiger partial charge in [-0.25, -0.2) is 9.78 Å². The standard InChI is InChI=1S/C16H17N7O6S3/c17-1-6(2-19-28)3-30-8-5-31-14-10(13(25)23(14)11(8)15(26)27)21-12(24)9(22-29)7-4-32-16(18)20-7/h2-4,10,14,28-29H,1,5,17H2,(H2,18,20)(H,21,24)(H,26,27)/b6-3+,19-2+,22-9-/t10?,14-/m1/s1. The van der Waals surface area contributed by atoms with Crippen LogP contribution in [0.5, 0.6) is 0 Å². The number of nitrogens with two attached hydrogens (primary N) is 2. The third kappa shape index (κ3) is 4.57. The van der Waals surface area contributed by atoms with E-state index in [9.17, 15) is 24.7 Å². The SMILES string of the molecule is NCC(/C=N/O)=C\SC1=C(C(=O)O)N2C(=O)C(NC(=O)/C(=N\O)c3csc(N)n3)[C@H]2SC1. The van der Waals surface area contributed by atoms with Crippen molar-refractivity contribution >= 4 is 69.7 Å². The first-order valence-electron chi connectivity index (χ1n) is 8.71. The van der Waals surface area contributed by atoms with Crippen molar-refractivity contribution < 1.29 is 29.9 Å². The van der Waals surface area contributed by atoms with Gasteiger partial charge in [0.2, 0.25) is 0 Å². The molecule has 13 nitrogen and oxygen atoms in total. The maximum absolute atomic E-state index is 12.7. The molecule has 0 aromatic carbocycles. The van der Waals surface area contributed by atoms with E-state index in [-0.39, 0.29) is 28.8 Å². The first-order valence-corrected chi connectivity index (χ1v) is 11.5. The second-order valence-corrected chi connectivity index (χ2v) is 9.18. The second kappa shape index (κ2) is 10.0. The number of carbonyl (C=O) groups is 3. The Hall–Kier alpha value is -3.08. The maximum Gasteiger partial charge on any atom is 0.353 e. The molecule has 1 unspecified atom stereocenters. The monoisotopic (exact) mass is 499 g/mol. The molecule has 8 N–H and O–H groups in total. The lowest BCUT2D eigenvalue weighted by Gasteiger charge is -2.49. The van der Waals surface area contributed by atoms with Crippen LogP contribution in [-0.2, 0) is 14.4 Å². The van der Waals surface area contributed by atoms with Gasteiger partial charge in [0.15, 0.2) is 10.8 Å². The number of amides is 2. The zero-order chi connectivity index (χ0) is 23.4. The molecule has 3 heterocycles. The summed E-state index contributed by atoms with van der Waals surface area (Å²) in [6.45, 7) is 0.0681. The second-order valence-electron chi connectivity index (χ2n) is 6.22. The topological polar surface area (TPSA) is 217 Å². The average molecular weight is 500 g/mol. The Morgan fingerprint density at radius 1 is 1.44 bits per heavy atom. The van der Waals surface area contributed by atoms with Gasteiger partial charge in [-0.2, -0.15) is 0 Å². The highest BCUT2D eigenvalue weighted by atomic mass is 32.2. The van der Waals surface area contributed by atoms with Crippen molar-refractivity contribution in [3.8, 4) is 0 Å². The fourth-order valence-electron chi connectivity index (χ4n) is 2.85. The normalized spacial score (nSPS) is 21.5. The van der Waals surface area contributed by atoms with Crippen LogP contribution in [0.1, 0.15) is 5.69 Å². The number of oxime groups is 2. The lowest BCUT2D eigenvalue weighted by molar-refractivity contribution is -0.150. The van der Waals surface area contributed by atoms with E-state index in [1.165, 1.54) is 22.5 Å². The molecule has 0 radical (unpaired) electrons. The molecule has 0 saturated carbocycles. The van der Waals surface area contributed by atoms with E-state index in [1.807, 2.05) is 0 Å². The van der Waals surface area contributed by atoms with Crippen LogP contribution in [0.25, 0.3) is 0 Å². The number of β-lactam (4-membered cyclic amide) rings is 1. The van der Waals surface area contributed by atoms with Crippen LogP contribution in [-0.4, -0.2) is 78.8 Å². The number of hydrogen-bond acceptors (Lipinski definition) is 13. The van der Waals surface area contributed by atoms with Crippen molar-refractivity contribution in [3.05, 3.63) is 32.7 Å². The van der Waals surface area contributed by atoms with Gasteiger partial charge < -0.3 is 32.3 Å². The van der Waals surface area contributed by atoms with Gasteiger partial charge in [0.1, 0.15) is 22.8 Å². The lowest BCUT2D eigenvalue weighted by atomic mass is 10.0. The Balaban J connectivity index is 1.77. The lowest BCUT2D eigenvalue weighted by Crippen LogP contribution is -2.71. The molecule has 0 bridgehead atoms. The van der Waals surface area contributed by atoms with Crippen molar-refractivity contribution in [1.82, 2.24) is 15.2 Å². The van der Waals surface area contributed by atoms with E-state index < -0.39 is 34.9 Å². The zero-order valence-electron chi connectivity index (χ0n) is 16.0. The van der Waals surface area contributed by atoms with Gasteiger partial charge in [0, 0.05) is 22.6 Å². The molecule has 2 atom stereocenters. The molecule has 32 heavy (non-hydrogen) atoms. The third-order valence-corrected chi connectivity index (χ3v) is 7.49. The zero-order valence-corrected chi connectivity index (χ0v) is 18.5. The summed E-state index contributed by atoms with van der Waals surface area (Å²) in [5, 5.41) is 38.3. The Morgan fingerprint density at radius 3 is 2.75 bits per heavy atom. The van der Waals surface area contributed by atoms with E-state index in [0.29, 0.717) is 10.5 Å². The van der Waals surface area contributed by atoms with Crippen molar-refractivity contribution in [2.75, 3.05) is 18.0 Å². The number of nitrogens with zero attached hydrogens (tertiary/aromatic N) is 4. The Morgan fingerprint density at radius 2 is 2.19 bits per heavy atom. The number of carbonyl (C=O) groups excluding carboxylic acids is 2. The molecule has 1 fully saturated rings. The van der Waals surface area contributed by atoms with Crippen LogP contribution >= 0.6 is 34.9 Å². The number of nitrogens with one attached hydrogen (secondary N) is 1. The van der Waals surface area contributed by atoms with Gasteiger partial charge in [-0.3, -0.25) is 14.5 Å². The minimum absolute atomic E-state index is 0.0474. The third-order valence-electron chi connectivity index (χ3n) is 4.31. The van der Waals surface area contributed by atoms with Gasteiger partial charge in [-0.05, 0) is 11.0 Å². The van der Waals surface area contributed by atoms with E-state index in [4.69, 9.17) is 16.7 Å². The predicted molar refractivity (Wildman–Crippen MR) is 120 cm³/mol. The average Bonchev–Trinajstić information content (AvgIpc) is 3.20. The molecule has 1 saturated heterocycles. The van der Waals surface area contributed by atoms with E-state index in [2.05, 4.69) is 20.6 Å². The van der Waals surface area contributed by atoms with E-state index in [1.54, 1.807) is 0 Å². The highest BCUT2D eigenvalue weighted by Gasteiger charge is 2.54. The number of carboxylic acids is 1. The number of nitrogen functional groups attached to an aromatic ring is 1. The highest BCUT2D eigenvalue weighted by Crippen LogP contribution is 2.43. The fraction of sp³-hybridized carbons (Fsp3) is 0.250. The quantitative estimate of drug-likeness (QED) is 0.117. The van der Waals surface area contributed by atoms with Gasteiger partial charge in [-0.15, -0.1) is 23.1 Å². The molecule has 0 aliphatic carbocycles. The fourth-order valence-corrected chi connectivity index (χ4v) is 5.82. The largest absolute Gasteiger partial charge is 0.477 e. The molecule has 16 heteroatoms. The van der Waals surface area contributed by atoms with Gasteiger partial charge >= 0.3 is 5.97 Å². The van der Waals surface area contributed by atoms with Gasteiger partial charge in [0.05, 0.1) is 6.21 Å². The molecule has 1 aromatic rings. The number of rotatable bonds is 8. The first kappa shape index (κ1) is 23.6. The number of aliphatic carboxylic acids is 1. The van der Waals surface area contributed by atoms with Crippen LogP contribution in [0.2, 0.25) is 0 Å². The molecule has 1 aromatic heterocycles. The number of aromatic nitrogens is 1. The Labute approximate surface area is 192 Å². The van der Waals surface area contributed by atoms with Crippen LogP contribution < -0.4 is 16.8 Å². The molecule has 0 spiro atoms. The summed E-state index contributed by atoms with van der Waals surface area (Å²) in [7, 11) is 0. The van der Waals surface area contributed by atoms with Crippen molar-refractivity contribution in [2.24, 2.45) is 16.0 Å². The number of carboxylic acid groups (broad SMARTS) is 1. The summed E-state index contributed by atoms with van der Waals surface area (Å²) in [6, 6.07) is -1.02. The van der Waals surface area contributed by atoms with E-state index in [0.717, 1.165) is 34.2 Å². The number of thioether (sulfide) groups is 2. The number of hydrogen-bond donors (Lipinski definition) is 6. The summed E-state index contributed by atoms with van der Waals surface area (Å²) < 4.78 is 0. The molecule has 2 amide bonds.